The van der Waals surface area contributed by atoms with E-state index in [-0.39, 0.29) is 12.3 Å². The number of ether oxygens (including phenoxy) is 1. The first kappa shape index (κ1) is 17.7. The number of nitrogens with zero attached hydrogens (tertiary/aromatic N) is 3. The molecular formula is C19H20N4O3S. The van der Waals surface area contributed by atoms with Gasteiger partial charge in [0.2, 0.25) is 17.6 Å². The molecule has 1 aromatic carbocycles. The Hall–Kier alpha value is -2.71. The van der Waals surface area contributed by atoms with Gasteiger partial charge in [-0.2, -0.15) is 4.98 Å². The molecule has 0 saturated carbocycles. The number of thiophene rings is 1. The van der Waals surface area contributed by atoms with Crippen molar-refractivity contribution in [3.05, 3.63) is 47.7 Å². The number of para-hydroxylation sites is 2. The van der Waals surface area contributed by atoms with Crippen molar-refractivity contribution in [2.24, 2.45) is 0 Å². The molecule has 0 unspecified atom stereocenters. The maximum absolute atomic E-state index is 12.4. The first-order valence-corrected chi connectivity index (χ1v) is 9.75. The van der Waals surface area contributed by atoms with Crippen molar-refractivity contribution in [3.8, 4) is 10.7 Å². The van der Waals surface area contributed by atoms with Gasteiger partial charge in [0, 0.05) is 25.9 Å². The average Bonchev–Trinajstić information content (AvgIpc) is 3.39. The van der Waals surface area contributed by atoms with Crippen LogP contribution in [0.4, 0.5) is 11.4 Å². The molecular weight excluding hydrogens is 364 g/mol. The molecule has 1 saturated heterocycles. The second-order valence-electron chi connectivity index (χ2n) is 6.15. The number of morpholine rings is 1. The summed E-state index contributed by atoms with van der Waals surface area (Å²) in [6.45, 7) is 3.04. The Morgan fingerprint density at radius 2 is 2.04 bits per heavy atom. The van der Waals surface area contributed by atoms with Crippen LogP contribution in [0, 0.1) is 0 Å². The molecule has 4 rings (SSSR count). The Labute approximate surface area is 161 Å². The SMILES string of the molecule is O=C(CCc1nc(-c2cccs2)no1)Nc1ccccc1N1CCOCC1. The normalized spacial score (nSPS) is 14.3. The highest BCUT2D eigenvalue weighted by atomic mass is 32.1. The highest BCUT2D eigenvalue weighted by molar-refractivity contribution is 7.13. The number of hydrogen-bond donors (Lipinski definition) is 1. The zero-order chi connectivity index (χ0) is 18.5. The van der Waals surface area contributed by atoms with E-state index in [0.29, 0.717) is 31.3 Å². The van der Waals surface area contributed by atoms with E-state index in [1.54, 1.807) is 11.3 Å². The second kappa shape index (κ2) is 8.32. The Bertz CT molecular complexity index is 888. The molecule has 0 atom stereocenters. The summed E-state index contributed by atoms with van der Waals surface area (Å²) < 4.78 is 10.7. The van der Waals surface area contributed by atoms with Gasteiger partial charge in [-0.15, -0.1) is 11.3 Å². The van der Waals surface area contributed by atoms with Gasteiger partial charge < -0.3 is 19.5 Å². The lowest BCUT2D eigenvalue weighted by Gasteiger charge is -2.30. The quantitative estimate of drug-likeness (QED) is 0.703. The summed E-state index contributed by atoms with van der Waals surface area (Å²) in [5.74, 6) is 0.958. The molecule has 1 amide bonds. The van der Waals surface area contributed by atoms with Crippen molar-refractivity contribution in [1.29, 1.82) is 0 Å². The van der Waals surface area contributed by atoms with Crippen molar-refractivity contribution in [2.45, 2.75) is 12.8 Å². The first-order valence-electron chi connectivity index (χ1n) is 8.87. The van der Waals surface area contributed by atoms with E-state index in [1.807, 2.05) is 41.8 Å². The summed E-state index contributed by atoms with van der Waals surface area (Å²) in [5.41, 5.74) is 1.83. The van der Waals surface area contributed by atoms with E-state index in [0.717, 1.165) is 29.3 Å². The Morgan fingerprint density at radius 3 is 2.85 bits per heavy atom. The van der Waals surface area contributed by atoms with Gasteiger partial charge in [-0.1, -0.05) is 23.4 Å². The van der Waals surface area contributed by atoms with Crippen molar-refractivity contribution >= 4 is 28.6 Å². The third kappa shape index (κ3) is 4.35. The minimum Gasteiger partial charge on any atom is -0.378 e. The first-order chi connectivity index (χ1) is 13.3. The molecule has 3 heterocycles. The number of benzene rings is 1. The molecule has 0 spiro atoms. The fraction of sp³-hybridized carbons (Fsp3) is 0.316. The lowest BCUT2D eigenvalue weighted by molar-refractivity contribution is -0.116. The third-order valence-electron chi connectivity index (χ3n) is 4.31. The van der Waals surface area contributed by atoms with Crippen molar-refractivity contribution in [2.75, 3.05) is 36.5 Å². The van der Waals surface area contributed by atoms with Gasteiger partial charge >= 0.3 is 0 Å². The number of aryl methyl sites for hydroxylation is 1. The number of amides is 1. The van der Waals surface area contributed by atoms with Crippen molar-refractivity contribution < 1.29 is 14.1 Å². The van der Waals surface area contributed by atoms with Gasteiger partial charge in [-0.05, 0) is 23.6 Å². The molecule has 1 aliphatic heterocycles. The van der Waals surface area contributed by atoms with Crippen LogP contribution in [-0.2, 0) is 16.0 Å². The Kier molecular flexibility index (Phi) is 5.45. The molecule has 1 aliphatic rings. The van der Waals surface area contributed by atoms with Crippen LogP contribution in [0.5, 0.6) is 0 Å². The fourth-order valence-electron chi connectivity index (χ4n) is 2.95. The molecule has 7 nitrogen and oxygen atoms in total. The number of aromatic nitrogens is 2. The van der Waals surface area contributed by atoms with Gasteiger partial charge in [-0.25, -0.2) is 0 Å². The molecule has 27 heavy (non-hydrogen) atoms. The van der Waals surface area contributed by atoms with Crippen LogP contribution in [0.15, 0.2) is 46.3 Å². The maximum atomic E-state index is 12.4. The van der Waals surface area contributed by atoms with Crippen LogP contribution < -0.4 is 10.2 Å². The van der Waals surface area contributed by atoms with Gasteiger partial charge in [-0.3, -0.25) is 4.79 Å². The molecule has 0 radical (unpaired) electrons. The van der Waals surface area contributed by atoms with E-state index >= 15 is 0 Å². The third-order valence-corrected chi connectivity index (χ3v) is 5.17. The average molecular weight is 384 g/mol. The van der Waals surface area contributed by atoms with Gasteiger partial charge in [0.15, 0.2) is 0 Å². The molecule has 0 bridgehead atoms. The molecule has 1 fully saturated rings. The number of rotatable bonds is 6. The number of carbonyl (C=O) groups is 1. The predicted octanol–water partition coefficient (Wildman–Crippen LogP) is 3.21. The minimum atomic E-state index is -0.0772. The van der Waals surface area contributed by atoms with Crippen LogP contribution >= 0.6 is 11.3 Å². The van der Waals surface area contributed by atoms with Crippen LogP contribution in [0.2, 0.25) is 0 Å². The number of carbonyl (C=O) groups excluding carboxylic acids is 1. The molecule has 8 heteroatoms. The van der Waals surface area contributed by atoms with Crippen LogP contribution in [0.3, 0.4) is 0 Å². The molecule has 1 N–H and O–H groups in total. The van der Waals surface area contributed by atoms with Crippen molar-refractivity contribution in [3.63, 3.8) is 0 Å². The minimum absolute atomic E-state index is 0.0772. The van der Waals surface area contributed by atoms with E-state index < -0.39 is 0 Å². The van der Waals surface area contributed by atoms with Gasteiger partial charge in [0.25, 0.3) is 0 Å². The van der Waals surface area contributed by atoms with E-state index in [4.69, 9.17) is 9.26 Å². The smallest absolute Gasteiger partial charge is 0.227 e. The lowest BCUT2D eigenvalue weighted by atomic mass is 10.2. The largest absolute Gasteiger partial charge is 0.378 e. The molecule has 2 aromatic heterocycles. The van der Waals surface area contributed by atoms with Gasteiger partial charge in [0.1, 0.15) is 0 Å². The number of nitrogens with one attached hydrogen (secondary N) is 1. The van der Waals surface area contributed by atoms with Crippen LogP contribution in [0.25, 0.3) is 10.7 Å². The van der Waals surface area contributed by atoms with Crippen LogP contribution in [0.1, 0.15) is 12.3 Å². The number of anilines is 2. The highest BCUT2D eigenvalue weighted by Crippen LogP contribution is 2.26. The second-order valence-corrected chi connectivity index (χ2v) is 7.10. The monoisotopic (exact) mass is 384 g/mol. The highest BCUT2D eigenvalue weighted by Gasteiger charge is 2.16. The standard InChI is InChI=1S/C19H20N4O3S/c24-17(7-8-18-21-19(22-26-18)16-6-3-13-27-16)20-14-4-1-2-5-15(14)23-9-11-25-12-10-23/h1-6,13H,7-12H2,(H,20,24). The zero-order valence-electron chi connectivity index (χ0n) is 14.8. The summed E-state index contributed by atoms with van der Waals surface area (Å²) in [5, 5.41) is 8.94. The lowest BCUT2D eigenvalue weighted by Crippen LogP contribution is -2.36. The van der Waals surface area contributed by atoms with Crippen molar-refractivity contribution in [1.82, 2.24) is 10.1 Å². The van der Waals surface area contributed by atoms with Gasteiger partial charge in [0.05, 0.1) is 29.5 Å². The predicted molar refractivity (Wildman–Crippen MR) is 104 cm³/mol. The molecule has 0 aliphatic carbocycles. The van der Waals surface area contributed by atoms with Crippen LogP contribution in [-0.4, -0.2) is 42.4 Å². The summed E-state index contributed by atoms with van der Waals surface area (Å²) in [7, 11) is 0. The summed E-state index contributed by atoms with van der Waals surface area (Å²) in [6, 6.07) is 11.7. The summed E-state index contributed by atoms with van der Waals surface area (Å²) in [4.78, 5) is 19.9. The van der Waals surface area contributed by atoms with E-state index in [2.05, 4.69) is 20.4 Å². The summed E-state index contributed by atoms with van der Waals surface area (Å²) >= 11 is 1.55. The molecule has 3 aromatic rings. The Morgan fingerprint density at radius 1 is 1.19 bits per heavy atom. The number of hydrogen-bond acceptors (Lipinski definition) is 7. The summed E-state index contributed by atoms with van der Waals surface area (Å²) in [6.07, 6.45) is 0.688. The topological polar surface area (TPSA) is 80.5 Å². The molecule has 140 valence electrons. The van der Waals surface area contributed by atoms with E-state index in [1.165, 1.54) is 0 Å². The maximum Gasteiger partial charge on any atom is 0.227 e. The van der Waals surface area contributed by atoms with E-state index in [9.17, 15) is 4.79 Å². The zero-order valence-corrected chi connectivity index (χ0v) is 15.6. The fourth-order valence-corrected chi connectivity index (χ4v) is 3.60. The Balaban J connectivity index is 1.36.